The standard InChI is InChI=1S/C23H21NO3/c1-15-20(21(16(2)24-15)23(26)27-3)22(25)19-12-8-7-11-18(19)14-13-17-9-5-4-6-10-17/h4-14,24H,1-3H3. The Morgan fingerprint density at radius 3 is 2.19 bits per heavy atom. The molecule has 0 radical (unpaired) electrons. The van der Waals surface area contributed by atoms with Crippen LogP contribution in [0, 0.1) is 13.8 Å². The third-order valence-corrected chi connectivity index (χ3v) is 4.45. The van der Waals surface area contributed by atoms with Gasteiger partial charge in [0.15, 0.2) is 5.78 Å². The first kappa shape index (κ1) is 18.4. The number of esters is 1. The first-order valence-corrected chi connectivity index (χ1v) is 8.67. The molecule has 0 saturated heterocycles. The minimum Gasteiger partial charge on any atom is -0.465 e. The Labute approximate surface area is 158 Å². The van der Waals surface area contributed by atoms with Gasteiger partial charge in [-0.1, -0.05) is 66.7 Å². The lowest BCUT2D eigenvalue weighted by Gasteiger charge is -2.08. The number of methoxy groups -OCH3 is 1. The van der Waals surface area contributed by atoms with Gasteiger partial charge in [0.2, 0.25) is 0 Å². The quantitative estimate of drug-likeness (QED) is 0.404. The second-order valence-corrected chi connectivity index (χ2v) is 6.28. The van der Waals surface area contributed by atoms with Crippen molar-refractivity contribution in [2.75, 3.05) is 7.11 Å². The summed E-state index contributed by atoms with van der Waals surface area (Å²) in [6, 6.07) is 17.2. The minimum absolute atomic E-state index is 0.203. The average Bonchev–Trinajstić information content (AvgIpc) is 3.00. The molecule has 0 saturated carbocycles. The lowest BCUT2D eigenvalue weighted by molar-refractivity contribution is 0.0597. The lowest BCUT2D eigenvalue weighted by Crippen LogP contribution is -2.12. The number of rotatable bonds is 5. The van der Waals surface area contributed by atoms with Crippen LogP contribution in [0.15, 0.2) is 54.6 Å². The minimum atomic E-state index is -0.516. The zero-order chi connectivity index (χ0) is 19.4. The number of benzene rings is 2. The topological polar surface area (TPSA) is 59.2 Å². The summed E-state index contributed by atoms with van der Waals surface area (Å²) in [6.45, 7) is 3.55. The molecule has 3 aromatic rings. The first-order chi connectivity index (χ1) is 13.0. The average molecular weight is 359 g/mol. The number of carbonyl (C=O) groups excluding carboxylic acids is 2. The monoisotopic (exact) mass is 359 g/mol. The van der Waals surface area contributed by atoms with Crippen molar-refractivity contribution in [3.8, 4) is 0 Å². The van der Waals surface area contributed by atoms with Gasteiger partial charge in [-0.2, -0.15) is 0 Å². The molecule has 1 N–H and O–H groups in total. The molecule has 4 heteroatoms. The molecule has 136 valence electrons. The van der Waals surface area contributed by atoms with Crippen LogP contribution in [0.25, 0.3) is 12.2 Å². The van der Waals surface area contributed by atoms with Gasteiger partial charge in [-0.3, -0.25) is 4.79 Å². The summed E-state index contributed by atoms with van der Waals surface area (Å²) in [5, 5.41) is 0. The number of H-pyrrole nitrogens is 1. The summed E-state index contributed by atoms with van der Waals surface area (Å²) < 4.78 is 4.87. The second-order valence-electron chi connectivity index (χ2n) is 6.28. The van der Waals surface area contributed by atoms with E-state index in [9.17, 15) is 9.59 Å². The van der Waals surface area contributed by atoms with Gasteiger partial charge in [0.1, 0.15) is 0 Å². The van der Waals surface area contributed by atoms with Crippen LogP contribution in [0.4, 0.5) is 0 Å². The lowest BCUT2D eigenvalue weighted by atomic mass is 9.95. The number of nitrogens with one attached hydrogen (secondary N) is 1. The molecule has 0 bridgehead atoms. The molecule has 2 aromatic carbocycles. The van der Waals surface area contributed by atoms with E-state index in [0.717, 1.165) is 11.1 Å². The SMILES string of the molecule is COC(=O)c1c(C)[nH]c(C)c1C(=O)c1ccccc1C=Cc1ccccc1. The summed E-state index contributed by atoms with van der Waals surface area (Å²) >= 11 is 0. The molecule has 0 unspecified atom stereocenters. The molecule has 4 nitrogen and oxygen atoms in total. The predicted molar refractivity (Wildman–Crippen MR) is 107 cm³/mol. The number of hydrogen-bond donors (Lipinski definition) is 1. The zero-order valence-electron chi connectivity index (χ0n) is 15.6. The Morgan fingerprint density at radius 1 is 0.852 bits per heavy atom. The highest BCUT2D eigenvalue weighted by molar-refractivity contribution is 6.17. The smallest absolute Gasteiger partial charge is 0.340 e. The summed E-state index contributed by atoms with van der Waals surface area (Å²) in [5.74, 6) is -0.719. The molecule has 0 aliphatic heterocycles. The number of ether oxygens (including phenoxy) is 1. The van der Waals surface area contributed by atoms with Crippen molar-refractivity contribution in [1.29, 1.82) is 0 Å². The second kappa shape index (κ2) is 7.87. The number of aryl methyl sites for hydroxylation is 2. The fourth-order valence-electron chi connectivity index (χ4n) is 3.16. The van der Waals surface area contributed by atoms with Crippen molar-refractivity contribution in [1.82, 2.24) is 4.98 Å². The zero-order valence-corrected chi connectivity index (χ0v) is 15.6. The summed E-state index contributed by atoms with van der Waals surface area (Å²) in [7, 11) is 1.31. The van der Waals surface area contributed by atoms with Crippen LogP contribution in [0.2, 0.25) is 0 Å². The number of carbonyl (C=O) groups is 2. The van der Waals surface area contributed by atoms with E-state index in [1.54, 1.807) is 19.9 Å². The molecular weight excluding hydrogens is 338 g/mol. The maximum atomic E-state index is 13.3. The largest absolute Gasteiger partial charge is 0.465 e. The molecule has 0 spiro atoms. The van der Waals surface area contributed by atoms with E-state index in [-0.39, 0.29) is 5.78 Å². The van der Waals surface area contributed by atoms with Crippen LogP contribution in [0.5, 0.6) is 0 Å². The summed E-state index contributed by atoms with van der Waals surface area (Å²) in [5.41, 5.74) is 4.31. The molecule has 0 aliphatic carbocycles. The van der Waals surface area contributed by atoms with Crippen molar-refractivity contribution >= 4 is 23.9 Å². The van der Waals surface area contributed by atoms with Gasteiger partial charge in [-0.05, 0) is 25.0 Å². The Bertz CT molecular complexity index is 1010. The van der Waals surface area contributed by atoms with Crippen LogP contribution in [0.3, 0.4) is 0 Å². The van der Waals surface area contributed by atoms with E-state index >= 15 is 0 Å². The molecule has 27 heavy (non-hydrogen) atoms. The molecule has 0 amide bonds. The summed E-state index contributed by atoms with van der Waals surface area (Å²) in [6.07, 6.45) is 3.87. The Kier molecular flexibility index (Phi) is 5.36. The summed E-state index contributed by atoms with van der Waals surface area (Å²) in [4.78, 5) is 28.6. The number of aromatic nitrogens is 1. The molecule has 0 aliphatic rings. The van der Waals surface area contributed by atoms with Crippen LogP contribution in [-0.2, 0) is 4.74 Å². The van der Waals surface area contributed by atoms with E-state index in [4.69, 9.17) is 4.74 Å². The van der Waals surface area contributed by atoms with Gasteiger partial charge in [-0.15, -0.1) is 0 Å². The van der Waals surface area contributed by atoms with Crippen LogP contribution < -0.4 is 0 Å². The molecule has 3 rings (SSSR count). The van der Waals surface area contributed by atoms with Gasteiger partial charge >= 0.3 is 5.97 Å². The normalized spacial score (nSPS) is 10.9. The number of ketones is 1. The third kappa shape index (κ3) is 3.75. The first-order valence-electron chi connectivity index (χ1n) is 8.67. The molecule has 0 fully saturated rings. The Hall–Kier alpha value is -3.40. The Morgan fingerprint density at radius 2 is 1.48 bits per heavy atom. The predicted octanol–water partition coefficient (Wildman–Crippen LogP) is 4.82. The van der Waals surface area contributed by atoms with Crippen LogP contribution >= 0.6 is 0 Å². The number of hydrogen-bond acceptors (Lipinski definition) is 3. The van der Waals surface area contributed by atoms with E-state index in [1.807, 2.05) is 60.7 Å². The van der Waals surface area contributed by atoms with Gasteiger partial charge < -0.3 is 9.72 Å². The van der Waals surface area contributed by atoms with E-state index in [2.05, 4.69) is 4.98 Å². The number of aromatic amines is 1. The van der Waals surface area contributed by atoms with Gasteiger partial charge in [0.05, 0.1) is 18.2 Å². The maximum Gasteiger partial charge on any atom is 0.340 e. The van der Waals surface area contributed by atoms with E-state index < -0.39 is 5.97 Å². The fourth-order valence-corrected chi connectivity index (χ4v) is 3.16. The molecular formula is C23H21NO3. The van der Waals surface area contributed by atoms with Gasteiger partial charge in [0, 0.05) is 17.0 Å². The van der Waals surface area contributed by atoms with Crippen LogP contribution in [-0.4, -0.2) is 23.8 Å². The Balaban J connectivity index is 2.05. The van der Waals surface area contributed by atoms with Gasteiger partial charge in [0.25, 0.3) is 0 Å². The molecule has 0 atom stereocenters. The third-order valence-electron chi connectivity index (χ3n) is 4.45. The highest BCUT2D eigenvalue weighted by Crippen LogP contribution is 2.25. The van der Waals surface area contributed by atoms with E-state index in [0.29, 0.717) is 28.1 Å². The van der Waals surface area contributed by atoms with Gasteiger partial charge in [-0.25, -0.2) is 4.79 Å². The molecule has 1 aromatic heterocycles. The van der Waals surface area contributed by atoms with Crippen molar-refractivity contribution in [2.24, 2.45) is 0 Å². The van der Waals surface area contributed by atoms with Crippen molar-refractivity contribution in [3.05, 3.63) is 93.8 Å². The van der Waals surface area contributed by atoms with E-state index in [1.165, 1.54) is 7.11 Å². The van der Waals surface area contributed by atoms with Crippen molar-refractivity contribution < 1.29 is 14.3 Å². The van der Waals surface area contributed by atoms with Crippen molar-refractivity contribution in [2.45, 2.75) is 13.8 Å². The fraction of sp³-hybridized carbons (Fsp3) is 0.130. The molecule has 1 heterocycles. The van der Waals surface area contributed by atoms with Crippen molar-refractivity contribution in [3.63, 3.8) is 0 Å². The highest BCUT2D eigenvalue weighted by atomic mass is 16.5. The van der Waals surface area contributed by atoms with Crippen LogP contribution in [0.1, 0.15) is 48.8 Å². The maximum absolute atomic E-state index is 13.3. The highest BCUT2D eigenvalue weighted by Gasteiger charge is 2.26.